The standard InChI is InChI=1S/C23H32N2O5/c1-2-3-6-14-20(27)24-22-19(26)16-18(23(29)30)25(22)21(28)15-10-5-9-13-17-11-7-4-8-12-17/h4,7-8,11-12,18,22H,2-3,5-6,9-10,13-16H2,1H3,(H,24,27)(H,29,30)/t18-,22?/m0/s1. The molecule has 1 aromatic carbocycles. The van der Waals surface area contributed by atoms with Crippen LogP contribution < -0.4 is 5.32 Å². The van der Waals surface area contributed by atoms with Gasteiger partial charge in [-0.15, -0.1) is 0 Å². The molecule has 1 heterocycles. The number of ketones is 1. The Bertz CT molecular complexity index is 734. The number of hydrogen-bond donors (Lipinski definition) is 2. The SMILES string of the molecule is CCCCCC(=O)NC1C(=O)C[C@@H](C(=O)O)N1C(=O)CCCCCc1ccccc1. The van der Waals surface area contributed by atoms with E-state index < -0.39 is 29.9 Å². The molecule has 1 saturated heterocycles. The van der Waals surface area contributed by atoms with Crippen LogP contribution in [0.15, 0.2) is 30.3 Å². The monoisotopic (exact) mass is 416 g/mol. The van der Waals surface area contributed by atoms with Crippen molar-refractivity contribution in [3.8, 4) is 0 Å². The minimum atomic E-state index is -1.22. The highest BCUT2D eigenvalue weighted by molar-refractivity contribution is 6.00. The van der Waals surface area contributed by atoms with Crippen molar-refractivity contribution >= 4 is 23.6 Å². The molecule has 7 nitrogen and oxygen atoms in total. The molecule has 2 amide bonds. The first-order valence-corrected chi connectivity index (χ1v) is 10.8. The van der Waals surface area contributed by atoms with Gasteiger partial charge in [-0.1, -0.05) is 56.5 Å². The Morgan fingerprint density at radius 2 is 1.73 bits per heavy atom. The molecule has 0 spiro atoms. The number of aryl methyl sites for hydroxylation is 1. The molecule has 164 valence electrons. The van der Waals surface area contributed by atoms with E-state index in [4.69, 9.17) is 0 Å². The smallest absolute Gasteiger partial charge is 0.326 e. The minimum absolute atomic E-state index is 0.161. The van der Waals surface area contributed by atoms with E-state index in [1.807, 2.05) is 25.1 Å². The first-order valence-electron chi connectivity index (χ1n) is 10.8. The number of carbonyl (C=O) groups is 4. The van der Waals surface area contributed by atoms with Gasteiger partial charge in [0.15, 0.2) is 11.9 Å². The Kier molecular flexibility index (Phi) is 9.51. The van der Waals surface area contributed by atoms with E-state index in [2.05, 4.69) is 17.4 Å². The second-order valence-electron chi connectivity index (χ2n) is 7.80. The fraction of sp³-hybridized carbons (Fsp3) is 0.565. The molecule has 1 unspecified atom stereocenters. The lowest BCUT2D eigenvalue weighted by Gasteiger charge is -2.27. The van der Waals surface area contributed by atoms with E-state index in [0.717, 1.165) is 37.0 Å². The van der Waals surface area contributed by atoms with Crippen molar-refractivity contribution in [1.82, 2.24) is 10.2 Å². The van der Waals surface area contributed by atoms with Gasteiger partial charge in [0.2, 0.25) is 11.8 Å². The Morgan fingerprint density at radius 3 is 2.40 bits per heavy atom. The van der Waals surface area contributed by atoms with Gasteiger partial charge in [-0.3, -0.25) is 14.4 Å². The second-order valence-corrected chi connectivity index (χ2v) is 7.80. The van der Waals surface area contributed by atoms with E-state index >= 15 is 0 Å². The van der Waals surface area contributed by atoms with Crippen LogP contribution in [0.5, 0.6) is 0 Å². The van der Waals surface area contributed by atoms with Crippen LogP contribution in [-0.2, 0) is 25.6 Å². The summed E-state index contributed by atoms with van der Waals surface area (Å²) in [6.45, 7) is 2.02. The second kappa shape index (κ2) is 12.1. The molecular weight excluding hydrogens is 384 g/mol. The zero-order valence-electron chi connectivity index (χ0n) is 17.6. The number of carbonyl (C=O) groups excluding carboxylic acids is 3. The summed E-state index contributed by atoms with van der Waals surface area (Å²) in [6.07, 6.45) is 4.83. The molecule has 0 radical (unpaired) electrons. The van der Waals surface area contributed by atoms with Gasteiger partial charge in [0, 0.05) is 19.3 Å². The Hall–Kier alpha value is -2.70. The Balaban J connectivity index is 1.88. The lowest BCUT2D eigenvalue weighted by Crippen LogP contribution is -2.53. The lowest BCUT2D eigenvalue weighted by atomic mass is 10.1. The number of rotatable bonds is 12. The molecule has 2 N–H and O–H groups in total. The average molecular weight is 417 g/mol. The Morgan fingerprint density at radius 1 is 1.03 bits per heavy atom. The van der Waals surface area contributed by atoms with Gasteiger partial charge in [0.25, 0.3) is 0 Å². The van der Waals surface area contributed by atoms with Crippen LogP contribution in [0.25, 0.3) is 0 Å². The molecule has 0 aromatic heterocycles. The number of likely N-dealkylation sites (tertiary alicyclic amines) is 1. The van der Waals surface area contributed by atoms with Crippen molar-refractivity contribution in [1.29, 1.82) is 0 Å². The fourth-order valence-corrected chi connectivity index (χ4v) is 3.73. The van der Waals surface area contributed by atoms with Gasteiger partial charge in [0.05, 0.1) is 0 Å². The average Bonchev–Trinajstić information content (AvgIpc) is 3.05. The molecule has 2 atom stereocenters. The normalized spacial score (nSPS) is 18.4. The predicted octanol–water partition coefficient (Wildman–Crippen LogP) is 3.07. The van der Waals surface area contributed by atoms with Crippen molar-refractivity contribution in [2.45, 2.75) is 83.3 Å². The predicted molar refractivity (Wildman–Crippen MR) is 113 cm³/mol. The number of nitrogens with zero attached hydrogens (tertiary/aromatic N) is 1. The van der Waals surface area contributed by atoms with E-state index in [1.165, 1.54) is 5.56 Å². The number of benzene rings is 1. The van der Waals surface area contributed by atoms with Crippen LogP contribution in [0.1, 0.15) is 70.3 Å². The largest absolute Gasteiger partial charge is 0.480 e. The van der Waals surface area contributed by atoms with E-state index in [1.54, 1.807) is 0 Å². The number of aliphatic carboxylic acids is 1. The molecule has 30 heavy (non-hydrogen) atoms. The van der Waals surface area contributed by atoms with Crippen LogP contribution >= 0.6 is 0 Å². The minimum Gasteiger partial charge on any atom is -0.480 e. The zero-order chi connectivity index (χ0) is 21.9. The summed E-state index contributed by atoms with van der Waals surface area (Å²) in [5.74, 6) is -2.37. The summed E-state index contributed by atoms with van der Waals surface area (Å²) in [4.78, 5) is 49.9. The number of carboxylic acid groups (broad SMARTS) is 1. The van der Waals surface area contributed by atoms with Gasteiger partial charge in [-0.05, 0) is 31.2 Å². The van der Waals surface area contributed by atoms with Crippen LogP contribution in [-0.4, -0.2) is 45.8 Å². The molecule has 1 aliphatic heterocycles. The quantitative estimate of drug-likeness (QED) is 0.510. The maximum atomic E-state index is 12.8. The molecule has 7 heteroatoms. The lowest BCUT2D eigenvalue weighted by molar-refractivity contribution is -0.151. The molecule has 0 saturated carbocycles. The summed E-state index contributed by atoms with van der Waals surface area (Å²) in [5, 5.41) is 12.0. The molecule has 1 fully saturated rings. The van der Waals surface area contributed by atoms with Gasteiger partial charge in [-0.2, -0.15) is 0 Å². The molecule has 1 aromatic rings. The van der Waals surface area contributed by atoms with Crippen LogP contribution in [0, 0.1) is 0 Å². The first kappa shape index (κ1) is 23.6. The third kappa shape index (κ3) is 6.97. The Labute approximate surface area is 177 Å². The summed E-state index contributed by atoms with van der Waals surface area (Å²) in [6, 6.07) is 8.86. The van der Waals surface area contributed by atoms with Crippen LogP contribution in [0.3, 0.4) is 0 Å². The molecule has 0 aliphatic carbocycles. The van der Waals surface area contributed by atoms with Crippen molar-refractivity contribution in [3.63, 3.8) is 0 Å². The van der Waals surface area contributed by atoms with Crippen molar-refractivity contribution in [2.24, 2.45) is 0 Å². The highest BCUT2D eigenvalue weighted by atomic mass is 16.4. The number of hydrogen-bond acceptors (Lipinski definition) is 4. The fourth-order valence-electron chi connectivity index (χ4n) is 3.73. The maximum absolute atomic E-state index is 12.8. The molecule has 0 bridgehead atoms. The van der Waals surface area contributed by atoms with E-state index in [-0.39, 0.29) is 25.2 Å². The van der Waals surface area contributed by atoms with Gasteiger partial charge >= 0.3 is 5.97 Å². The van der Waals surface area contributed by atoms with Gasteiger partial charge < -0.3 is 15.3 Å². The van der Waals surface area contributed by atoms with Gasteiger partial charge in [-0.25, -0.2) is 4.79 Å². The first-order chi connectivity index (χ1) is 14.4. The highest BCUT2D eigenvalue weighted by Gasteiger charge is 2.46. The summed E-state index contributed by atoms with van der Waals surface area (Å²) >= 11 is 0. The van der Waals surface area contributed by atoms with Crippen LogP contribution in [0.4, 0.5) is 0 Å². The number of nitrogens with one attached hydrogen (secondary N) is 1. The zero-order valence-corrected chi connectivity index (χ0v) is 17.6. The molecule has 2 rings (SSSR count). The van der Waals surface area contributed by atoms with Gasteiger partial charge in [0.1, 0.15) is 6.04 Å². The maximum Gasteiger partial charge on any atom is 0.326 e. The van der Waals surface area contributed by atoms with E-state index in [0.29, 0.717) is 12.8 Å². The topological polar surface area (TPSA) is 104 Å². The highest BCUT2D eigenvalue weighted by Crippen LogP contribution is 2.22. The summed E-state index contributed by atoms with van der Waals surface area (Å²) in [5.41, 5.74) is 1.24. The summed E-state index contributed by atoms with van der Waals surface area (Å²) < 4.78 is 0. The van der Waals surface area contributed by atoms with Crippen LogP contribution in [0.2, 0.25) is 0 Å². The molecule has 1 aliphatic rings. The van der Waals surface area contributed by atoms with Crippen molar-refractivity contribution < 1.29 is 24.3 Å². The molecular formula is C23H32N2O5. The van der Waals surface area contributed by atoms with Crippen molar-refractivity contribution in [2.75, 3.05) is 0 Å². The number of carboxylic acids is 1. The number of unbranched alkanes of at least 4 members (excludes halogenated alkanes) is 4. The van der Waals surface area contributed by atoms with E-state index in [9.17, 15) is 24.3 Å². The summed E-state index contributed by atoms with van der Waals surface area (Å²) in [7, 11) is 0. The number of Topliss-reactive ketones (excluding diaryl/α,β-unsaturated/α-hetero) is 1. The number of amides is 2. The van der Waals surface area contributed by atoms with Crippen molar-refractivity contribution in [3.05, 3.63) is 35.9 Å². The third-order valence-corrected chi connectivity index (χ3v) is 5.39. The third-order valence-electron chi connectivity index (χ3n) is 5.39.